The van der Waals surface area contributed by atoms with Gasteiger partial charge in [0.2, 0.25) is 0 Å². The Hall–Kier alpha value is -0.510. The van der Waals surface area contributed by atoms with Crippen molar-refractivity contribution in [3.05, 3.63) is 12.3 Å². The highest BCUT2D eigenvalue weighted by Crippen LogP contribution is 2.50. The first-order chi connectivity index (χ1) is 13.4. The number of ether oxygens (including phenoxy) is 4. The number of phosphoric ester groups is 1. The second kappa shape index (κ2) is 10.2. The van der Waals surface area contributed by atoms with Crippen molar-refractivity contribution < 1.29 is 42.6 Å². The summed E-state index contributed by atoms with van der Waals surface area (Å²) in [5.74, 6) is -0.0535. The van der Waals surface area contributed by atoms with E-state index in [-0.39, 0.29) is 36.8 Å². The van der Waals surface area contributed by atoms with E-state index in [9.17, 15) is 14.6 Å². The Labute approximate surface area is 172 Å². The van der Waals surface area contributed by atoms with E-state index < -0.39 is 38.3 Å². The molecule has 10 heteroatoms. The van der Waals surface area contributed by atoms with Gasteiger partial charge < -0.3 is 28.6 Å². The Morgan fingerprint density at radius 2 is 1.86 bits per heavy atom. The molecule has 0 spiro atoms. The van der Waals surface area contributed by atoms with Gasteiger partial charge in [-0.05, 0) is 41.5 Å². The summed E-state index contributed by atoms with van der Waals surface area (Å²) < 4.78 is 45.8. The Morgan fingerprint density at radius 1 is 1.21 bits per heavy atom. The maximum absolute atomic E-state index is 12.6. The molecule has 0 aromatic rings. The van der Waals surface area contributed by atoms with Gasteiger partial charge in [-0.1, -0.05) is 6.58 Å². The van der Waals surface area contributed by atoms with E-state index in [1.807, 2.05) is 34.6 Å². The first-order valence-corrected chi connectivity index (χ1v) is 11.5. The third-order valence-electron chi connectivity index (χ3n) is 4.70. The molecular formula is C19H35O9P. The normalized spacial score (nSPS) is 37.2. The van der Waals surface area contributed by atoms with Crippen LogP contribution in [0.25, 0.3) is 0 Å². The van der Waals surface area contributed by atoms with Gasteiger partial charge >= 0.3 is 7.82 Å². The van der Waals surface area contributed by atoms with Crippen molar-refractivity contribution in [2.45, 2.75) is 103 Å². The zero-order valence-electron chi connectivity index (χ0n) is 18.0. The predicted molar refractivity (Wildman–Crippen MR) is 105 cm³/mol. The SMILES string of the molecule is C=C(OP(=O)(O)OC1[C@@H](COC(C)C)O[C@@H](C)[C@H]1O)[C@H]1O[C@@H](C)CC1OC(C)C. The summed E-state index contributed by atoms with van der Waals surface area (Å²) in [4.78, 5) is 10.3. The minimum absolute atomic E-state index is 0.0460. The first kappa shape index (κ1) is 24.8. The summed E-state index contributed by atoms with van der Waals surface area (Å²) in [5, 5.41) is 10.3. The highest BCUT2D eigenvalue weighted by Gasteiger charge is 2.48. The van der Waals surface area contributed by atoms with Crippen molar-refractivity contribution in [1.29, 1.82) is 0 Å². The molecule has 0 amide bonds. The van der Waals surface area contributed by atoms with Crippen LogP contribution in [0.3, 0.4) is 0 Å². The van der Waals surface area contributed by atoms with E-state index in [0.717, 1.165) is 0 Å². The lowest BCUT2D eigenvalue weighted by atomic mass is 10.1. The van der Waals surface area contributed by atoms with Crippen LogP contribution in [0.15, 0.2) is 12.3 Å². The molecule has 29 heavy (non-hydrogen) atoms. The number of aliphatic hydroxyl groups excluding tert-OH is 1. The molecule has 2 fully saturated rings. The average molecular weight is 438 g/mol. The summed E-state index contributed by atoms with van der Waals surface area (Å²) in [6, 6.07) is 0. The predicted octanol–water partition coefficient (Wildman–Crippen LogP) is 2.55. The van der Waals surface area contributed by atoms with Crippen molar-refractivity contribution in [2.24, 2.45) is 0 Å². The van der Waals surface area contributed by atoms with Crippen molar-refractivity contribution in [2.75, 3.05) is 6.61 Å². The highest BCUT2D eigenvalue weighted by molar-refractivity contribution is 7.47. The topological polar surface area (TPSA) is 113 Å². The number of aliphatic hydroxyl groups is 1. The average Bonchev–Trinajstić information content (AvgIpc) is 3.06. The van der Waals surface area contributed by atoms with E-state index in [4.69, 9.17) is 28.0 Å². The second-order valence-corrected chi connectivity index (χ2v) is 9.51. The molecule has 0 aliphatic carbocycles. The standard InChI is InChI=1S/C19H35O9P/c1-10(2)23-9-16-19(17(20)13(6)26-16)28-29(21,22)27-14(7)18-15(24-11(3)4)8-12(5)25-18/h10-13,15-20H,7-9H2,1-6H3,(H,21,22)/t12-,13-,15?,16+,17+,18+,19?/m0/s1. The third-order valence-corrected chi connectivity index (χ3v) is 5.67. The highest BCUT2D eigenvalue weighted by atomic mass is 31.2. The van der Waals surface area contributed by atoms with Crippen LogP contribution in [0.5, 0.6) is 0 Å². The summed E-state index contributed by atoms with van der Waals surface area (Å²) in [6.45, 7) is 14.9. The Balaban J connectivity index is 2.01. The number of phosphoric acid groups is 1. The van der Waals surface area contributed by atoms with Gasteiger partial charge in [-0.25, -0.2) is 4.57 Å². The smallest absolute Gasteiger partial charge is 0.406 e. The molecule has 8 atom stereocenters. The zero-order chi connectivity index (χ0) is 21.9. The lowest BCUT2D eigenvalue weighted by molar-refractivity contribution is -0.0587. The van der Waals surface area contributed by atoms with Crippen molar-refractivity contribution in [3.63, 3.8) is 0 Å². The molecule has 2 aliphatic rings. The number of hydrogen-bond donors (Lipinski definition) is 2. The summed E-state index contributed by atoms with van der Waals surface area (Å²) in [7, 11) is -4.61. The molecule has 2 N–H and O–H groups in total. The summed E-state index contributed by atoms with van der Waals surface area (Å²) in [6.07, 6.45) is -4.11. The van der Waals surface area contributed by atoms with E-state index in [1.54, 1.807) is 6.92 Å². The van der Waals surface area contributed by atoms with Crippen LogP contribution in [0.2, 0.25) is 0 Å². The van der Waals surface area contributed by atoms with Gasteiger partial charge in [-0.15, -0.1) is 0 Å². The largest absolute Gasteiger partial charge is 0.527 e. The lowest BCUT2D eigenvalue weighted by Crippen LogP contribution is -2.37. The van der Waals surface area contributed by atoms with Crippen LogP contribution in [0, 0.1) is 0 Å². The molecule has 170 valence electrons. The first-order valence-electron chi connectivity index (χ1n) is 10.0. The Morgan fingerprint density at radius 3 is 2.45 bits per heavy atom. The fourth-order valence-electron chi connectivity index (χ4n) is 3.45. The van der Waals surface area contributed by atoms with Gasteiger partial charge in [0.1, 0.15) is 30.2 Å². The fraction of sp³-hybridized carbons (Fsp3) is 0.895. The van der Waals surface area contributed by atoms with Crippen LogP contribution in [0.4, 0.5) is 0 Å². The molecule has 2 rings (SSSR count). The van der Waals surface area contributed by atoms with Crippen molar-refractivity contribution >= 4 is 7.82 Å². The van der Waals surface area contributed by atoms with E-state index in [1.165, 1.54) is 0 Å². The molecule has 0 radical (unpaired) electrons. The monoisotopic (exact) mass is 438 g/mol. The van der Waals surface area contributed by atoms with Crippen molar-refractivity contribution in [3.8, 4) is 0 Å². The van der Waals surface area contributed by atoms with Gasteiger partial charge in [0, 0.05) is 6.42 Å². The molecule has 3 unspecified atom stereocenters. The number of rotatable bonds is 10. The minimum atomic E-state index is -4.61. The van der Waals surface area contributed by atoms with Crippen LogP contribution in [-0.2, 0) is 32.6 Å². The quantitative estimate of drug-likeness (QED) is 0.392. The van der Waals surface area contributed by atoms with Gasteiger partial charge in [0.15, 0.2) is 0 Å². The molecule has 0 bridgehead atoms. The minimum Gasteiger partial charge on any atom is -0.406 e. The maximum atomic E-state index is 12.6. The molecule has 0 aromatic heterocycles. The Kier molecular flexibility index (Phi) is 8.71. The van der Waals surface area contributed by atoms with Crippen LogP contribution < -0.4 is 0 Å². The fourth-order valence-corrected chi connectivity index (χ4v) is 4.46. The summed E-state index contributed by atoms with van der Waals surface area (Å²) in [5.41, 5.74) is 0. The lowest BCUT2D eigenvalue weighted by Gasteiger charge is -2.27. The third kappa shape index (κ3) is 7.01. The molecule has 0 aromatic carbocycles. The molecule has 0 saturated carbocycles. The molecular weight excluding hydrogens is 403 g/mol. The Bertz CT molecular complexity index is 596. The van der Waals surface area contributed by atoms with E-state index >= 15 is 0 Å². The molecule has 9 nitrogen and oxygen atoms in total. The maximum Gasteiger partial charge on any atom is 0.527 e. The van der Waals surface area contributed by atoms with E-state index in [0.29, 0.717) is 6.42 Å². The van der Waals surface area contributed by atoms with Crippen LogP contribution in [0.1, 0.15) is 48.0 Å². The van der Waals surface area contributed by atoms with Gasteiger partial charge in [-0.2, -0.15) is 0 Å². The zero-order valence-corrected chi connectivity index (χ0v) is 18.9. The van der Waals surface area contributed by atoms with Gasteiger partial charge in [-0.3, -0.25) is 9.42 Å². The summed E-state index contributed by atoms with van der Waals surface area (Å²) >= 11 is 0. The molecule has 2 aliphatic heterocycles. The van der Waals surface area contributed by atoms with Gasteiger partial charge in [0.25, 0.3) is 0 Å². The van der Waals surface area contributed by atoms with Gasteiger partial charge in [0.05, 0.1) is 37.1 Å². The second-order valence-electron chi connectivity index (χ2n) is 8.17. The van der Waals surface area contributed by atoms with Crippen LogP contribution >= 0.6 is 7.82 Å². The van der Waals surface area contributed by atoms with Crippen molar-refractivity contribution in [1.82, 2.24) is 0 Å². The molecule has 2 heterocycles. The van der Waals surface area contributed by atoms with E-state index in [2.05, 4.69) is 6.58 Å². The van der Waals surface area contributed by atoms with Crippen LogP contribution in [-0.4, -0.2) is 71.5 Å². The molecule has 2 saturated heterocycles. The number of hydrogen-bond acceptors (Lipinski definition) is 8.